The fourth-order valence-corrected chi connectivity index (χ4v) is 2.32. The zero-order valence-electron chi connectivity index (χ0n) is 12.0. The molecule has 0 atom stereocenters. The summed E-state index contributed by atoms with van der Waals surface area (Å²) in [4.78, 5) is 25.0. The molecule has 0 spiro atoms. The Balaban J connectivity index is 1.77. The van der Waals surface area contributed by atoms with Crippen molar-refractivity contribution in [2.45, 2.75) is 6.61 Å². The monoisotopic (exact) mass is 310 g/mol. The Labute approximate surface area is 131 Å². The van der Waals surface area contributed by atoms with Gasteiger partial charge in [0.25, 0.3) is 11.8 Å². The lowest BCUT2D eigenvalue weighted by molar-refractivity contribution is 0.0674. The highest BCUT2D eigenvalue weighted by atomic mass is 19.1. The molecule has 0 saturated carbocycles. The van der Waals surface area contributed by atoms with Gasteiger partial charge in [-0.15, -0.1) is 0 Å². The summed E-state index contributed by atoms with van der Waals surface area (Å²) in [5.74, 6) is -0.878. The minimum Gasteiger partial charge on any atom is -0.489 e. The number of hydrogen-bond acceptors (Lipinski definition) is 4. The third kappa shape index (κ3) is 2.77. The van der Waals surface area contributed by atoms with E-state index in [0.717, 1.165) is 10.5 Å². The van der Waals surface area contributed by atoms with Crippen LogP contribution in [0.5, 0.6) is 5.75 Å². The number of halogens is 1. The lowest BCUT2D eigenvalue weighted by atomic mass is 10.1. The van der Waals surface area contributed by atoms with Crippen LogP contribution >= 0.6 is 0 Å². The first-order chi connectivity index (χ1) is 11.1. The molecule has 6 heteroatoms. The number of amides is 2. The molecule has 0 saturated heterocycles. The number of nitriles is 1. The summed E-state index contributed by atoms with van der Waals surface area (Å²) in [5.41, 5.74) is 1.27. The number of hydrogen-bond donors (Lipinski definition) is 0. The van der Waals surface area contributed by atoms with Gasteiger partial charge >= 0.3 is 0 Å². The smallest absolute Gasteiger partial charge is 0.262 e. The summed E-state index contributed by atoms with van der Waals surface area (Å²) in [5, 5.41) is 8.68. The van der Waals surface area contributed by atoms with Crippen LogP contribution in [0, 0.1) is 17.1 Å². The summed E-state index contributed by atoms with van der Waals surface area (Å²) >= 11 is 0. The summed E-state index contributed by atoms with van der Waals surface area (Å²) in [7, 11) is 0. The van der Waals surface area contributed by atoms with Crippen molar-refractivity contribution in [3.63, 3.8) is 0 Å². The molecule has 114 valence electrons. The lowest BCUT2D eigenvalue weighted by Crippen LogP contribution is -2.29. The summed E-state index contributed by atoms with van der Waals surface area (Å²) in [6.07, 6.45) is 0. The predicted octanol–water partition coefficient (Wildman–Crippen LogP) is 2.52. The van der Waals surface area contributed by atoms with Crippen LogP contribution in [0.1, 0.15) is 26.3 Å². The SMILES string of the molecule is N#CCN1C(=O)c2ccc(OCc3ccc(F)cc3)cc2C1=O. The second-order valence-corrected chi connectivity index (χ2v) is 4.98. The molecule has 0 unspecified atom stereocenters. The molecule has 0 aliphatic carbocycles. The molecule has 0 fully saturated rings. The highest BCUT2D eigenvalue weighted by molar-refractivity contribution is 6.21. The van der Waals surface area contributed by atoms with E-state index in [2.05, 4.69) is 0 Å². The van der Waals surface area contributed by atoms with Gasteiger partial charge in [-0.1, -0.05) is 12.1 Å². The third-order valence-corrected chi connectivity index (χ3v) is 3.49. The first-order valence-corrected chi connectivity index (χ1v) is 6.84. The lowest BCUT2D eigenvalue weighted by Gasteiger charge is -2.07. The standard InChI is InChI=1S/C17H11FN2O3/c18-12-3-1-11(2-4-12)10-23-13-5-6-14-15(9-13)17(22)20(8-7-19)16(14)21/h1-6,9H,8,10H2. The van der Waals surface area contributed by atoms with Crippen LogP contribution in [0.15, 0.2) is 42.5 Å². The molecular weight excluding hydrogens is 299 g/mol. The van der Waals surface area contributed by atoms with E-state index in [0.29, 0.717) is 5.75 Å². The van der Waals surface area contributed by atoms with E-state index in [1.165, 1.54) is 24.3 Å². The number of benzene rings is 2. The van der Waals surface area contributed by atoms with Crippen molar-refractivity contribution in [1.82, 2.24) is 4.90 Å². The van der Waals surface area contributed by atoms with Gasteiger partial charge in [-0.3, -0.25) is 14.5 Å². The first kappa shape index (κ1) is 14.7. The second-order valence-electron chi connectivity index (χ2n) is 4.98. The summed E-state index contributed by atoms with van der Waals surface area (Å²) in [6, 6.07) is 12.2. The van der Waals surface area contributed by atoms with Gasteiger partial charge < -0.3 is 4.74 Å². The molecule has 3 rings (SSSR count). The van der Waals surface area contributed by atoms with Crippen molar-refractivity contribution in [2.24, 2.45) is 0 Å². The quantitative estimate of drug-likeness (QED) is 0.642. The van der Waals surface area contributed by atoms with Gasteiger partial charge in [0.1, 0.15) is 24.7 Å². The Morgan fingerprint density at radius 3 is 2.43 bits per heavy atom. The molecule has 2 aromatic rings. The van der Waals surface area contributed by atoms with E-state index < -0.39 is 11.8 Å². The molecule has 5 nitrogen and oxygen atoms in total. The minimum absolute atomic E-state index is 0.211. The molecule has 2 amide bonds. The molecule has 2 aromatic carbocycles. The van der Waals surface area contributed by atoms with Gasteiger partial charge in [0.05, 0.1) is 17.2 Å². The van der Waals surface area contributed by atoms with Gasteiger partial charge in [0.15, 0.2) is 0 Å². The Kier molecular flexibility index (Phi) is 3.77. The van der Waals surface area contributed by atoms with Crippen LogP contribution in [0.4, 0.5) is 4.39 Å². The van der Waals surface area contributed by atoms with Crippen molar-refractivity contribution in [2.75, 3.05) is 6.54 Å². The van der Waals surface area contributed by atoms with Crippen LogP contribution < -0.4 is 4.74 Å². The van der Waals surface area contributed by atoms with Crippen molar-refractivity contribution >= 4 is 11.8 Å². The van der Waals surface area contributed by atoms with Crippen molar-refractivity contribution in [3.05, 3.63) is 65.0 Å². The molecule has 23 heavy (non-hydrogen) atoms. The fourth-order valence-electron chi connectivity index (χ4n) is 2.32. The van der Waals surface area contributed by atoms with Crippen LogP contribution in [-0.2, 0) is 6.61 Å². The zero-order chi connectivity index (χ0) is 16.4. The Morgan fingerprint density at radius 2 is 1.74 bits per heavy atom. The van der Waals surface area contributed by atoms with Crippen LogP contribution in [0.3, 0.4) is 0 Å². The fraction of sp³-hybridized carbons (Fsp3) is 0.118. The highest BCUT2D eigenvalue weighted by Gasteiger charge is 2.35. The maximum Gasteiger partial charge on any atom is 0.262 e. The largest absolute Gasteiger partial charge is 0.489 e. The molecular formula is C17H11FN2O3. The number of nitrogens with zero attached hydrogens (tertiary/aromatic N) is 2. The van der Waals surface area contributed by atoms with E-state index in [1.807, 2.05) is 0 Å². The van der Waals surface area contributed by atoms with Crippen molar-refractivity contribution < 1.29 is 18.7 Å². The minimum atomic E-state index is -0.501. The molecule has 0 aromatic heterocycles. The summed E-state index contributed by atoms with van der Waals surface area (Å²) < 4.78 is 18.4. The summed E-state index contributed by atoms with van der Waals surface area (Å²) in [6.45, 7) is -0.0682. The van der Waals surface area contributed by atoms with Gasteiger partial charge in [0, 0.05) is 0 Å². The maximum atomic E-state index is 12.8. The van der Waals surface area contributed by atoms with Gasteiger partial charge in [-0.2, -0.15) is 5.26 Å². The molecule has 0 N–H and O–H groups in total. The Bertz CT molecular complexity index is 825. The van der Waals surface area contributed by atoms with Gasteiger partial charge in [-0.05, 0) is 35.9 Å². The normalized spacial score (nSPS) is 13.0. The average molecular weight is 310 g/mol. The maximum absolute atomic E-state index is 12.8. The Hall–Kier alpha value is -3.20. The first-order valence-electron chi connectivity index (χ1n) is 6.84. The molecule has 0 bridgehead atoms. The van der Waals surface area contributed by atoms with E-state index >= 15 is 0 Å². The van der Waals surface area contributed by atoms with Crippen molar-refractivity contribution in [1.29, 1.82) is 5.26 Å². The average Bonchev–Trinajstić information content (AvgIpc) is 2.79. The van der Waals surface area contributed by atoms with Crippen LogP contribution in [0.25, 0.3) is 0 Å². The van der Waals surface area contributed by atoms with E-state index in [9.17, 15) is 14.0 Å². The number of imide groups is 1. The molecule has 1 aliphatic heterocycles. The predicted molar refractivity (Wildman–Crippen MR) is 78.2 cm³/mol. The highest BCUT2D eigenvalue weighted by Crippen LogP contribution is 2.27. The van der Waals surface area contributed by atoms with Gasteiger partial charge in [-0.25, -0.2) is 4.39 Å². The molecule has 1 heterocycles. The number of carbonyl (C=O) groups is 2. The molecule has 1 aliphatic rings. The number of carbonyl (C=O) groups excluding carboxylic acids is 2. The van der Waals surface area contributed by atoms with Crippen molar-refractivity contribution in [3.8, 4) is 11.8 Å². The van der Waals surface area contributed by atoms with E-state index in [4.69, 9.17) is 10.00 Å². The number of ether oxygens (including phenoxy) is 1. The van der Waals surface area contributed by atoms with E-state index in [1.54, 1.807) is 24.3 Å². The van der Waals surface area contributed by atoms with Crippen LogP contribution in [-0.4, -0.2) is 23.3 Å². The van der Waals surface area contributed by atoms with Gasteiger partial charge in [0.2, 0.25) is 0 Å². The Morgan fingerprint density at radius 1 is 1.04 bits per heavy atom. The number of rotatable bonds is 4. The topological polar surface area (TPSA) is 70.4 Å². The van der Waals surface area contributed by atoms with Crippen LogP contribution in [0.2, 0.25) is 0 Å². The molecule has 0 radical (unpaired) electrons. The second kappa shape index (κ2) is 5.89. The third-order valence-electron chi connectivity index (χ3n) is 3.49. The number of fused-ring (bicyclic) bond motifs is 1. The zero-order valence-corrected chi connectivity index (χ0v) is 12.0. The van der Waals surface area contributed by atoms with E-state index in [-0.39, 0.29) is 30.1 Å².